The molecule has 0 aliphatic carbocycles. The maximum Gasteiger partial charge on any atom is 0.254 e. The lowest BCUT2D eigenvalue weighted by atomic mass is 10.2. The van der Waals surface area contributed by atoms with E-state index >= 15 is 0 Å². The van der Waals surface area contributed by atoms with Crippen molar-refractivity contribution >= 4 is 11.7 Å². The van der Waals surface area contributed by atoms with E-state index in [4.69, 9.17) is 0 Å². The number of nitrogens with zero attached hydrogens (tertiary/aromatic N) is 2. The van der Waals surface area contributed by atoms with Crippen LogP contribution in [0.1, 0.15) is 42.6 Å². The summed E-state index contributed by atoms with van der Waals surface area (Å²) in [4.78, 5) is 18.8. The number of nitrogens with one attached hydrogen (secondary N) is 1. The van der Waals surface area contributed by atoms with Crippen LogP contribution in [0.15, 0.2) is 48.7 Å². The summed E-state index contributed by atoms with van der Waals surface area (Å²) >= 11 is 0. The van der Waals surface area contributed by atoms with Gasteiger partial charge >= 0.3 is 0 Å². The van der Waals surface area contributed by atoms with E-state index in [-0.39, 0.29) is 5.91 Å². The summed E-state index contributed by atoms with van der Waals surface area (Å²) in [6.07, 6.45) is 3.63. The lowest BCUT2D eigenvalue weighted by Gasteiger charge is -2.21. The molecule has 1 N–H and O–H groups in total. The van der Waals surface area contributed by atoms with Crippen molar-refractivity contribution in [1.82, 2.24) is 9.88 Å². The summed E-state index contributed by atoms with van der Waals surface area (Å²) in [6.45, 7) is 6.47. The van der Waals surface area contributed by atoms with Crippen molar-refractivity contribution in [1.29, 1.82) is 0 Å². The highest BCUT2D eigenvalue weighted by molar-refractivity contribution is 5.94. The largest absolute Gasteiger partial charge is 0.366 e. The predicted octanol–water partition coefficient (Wildman–Crippen LogP) is 3.96. The molecule has 4 nitrogen and oxygen atoms in total. The first kappa shape index (κ1) is 17.0. The SMILES string of the molecule is CCCN(CCC)C(=O)c1ccnc(NCc2ccccc2)c1. The third-order valence-electron chi connectivity index (χ3n) is 3.60. The minimum atomic E-state index is 0.0823. The van der Waals surface area contributed by atoms with E-state index in [1.54, 1.807) is 12.3 Å². The van der Waals surface area contributed by atoms with Crippen molar-refractivity contribution in [2.75, 3.05) is 18.4 Å². The monoisotopic (exact) mass is 311 g/mol. The van der Waals surface area contributed by atoms with Crippen molar-refractivity contribution in [3.05, 3.63) is 59.8 Å². The first-order chi connectivity index (χ1) is 11.2. The number of carbonyl (C=O) groups is 1. The highest BCUT2D eigenvalue weighted by Crippen LogP contribution is 2.12. The molecule has 0 radical (unpaired) electrons. The first-order valence-corrected chi connectivity index (χ1v) is 8.27. The molecule has 2 aromatic rings. The summed E-state index contributed by atoms with van der Waals surface area (Å²) in [5, 5.41) is 3.28. The van der Waals surface area contributed by atoms with Crippen molar-refractivity contribution in [3.63, 3.8) is 0 Å². The Labute approximate surface area is 138 Å². The number of hydrogen-bond acceptors (Lipinski definition) is 3. The molecule has 0 bridgehead atoms. The Morgan fingerprint density at radius 3 is 2.43 bits per heavy atom. The van der Waals surface area contributed by atoms with Gasteiger partial charge in [-0.2, -0.15) is 0 Å². The average Bonchev–Trinajstić information content (AvgIpc) is 2.60. The van der Waals surface area contributed by atoms with E-state index in [1.165, 1.54) is 5.56 Å². The van der Waals surface area contributed by atoms with Gasteiger partial charge in [0.2, 0.25) is 0 Å². The van der Waals surface area contributed by atoms with Crippen LogP contribution in [0.3, 0.4) is 0 Å². The van der Waals surface area contributed by atoms with Crippen molar-refractivity contribution < 1.29 is 4.79 Å². The maximum atomic E-state index is 12.6. The predicted molar refractivity (Wildman–Crippen MR) is 94.5 cm³/mol. The Morgan fingerprint density at radius 1 is 1.09 bits per heavy atom. The molecule has 0 unspecified atom stereocenters. The fourth-order valence-corrected chi connectivity index (χ4v) is 2.49. The lowest BCUT2D eigenvalue weighted by Crippen LogP contribution is -2.32. The third-order valence-corrected chi connectivity index (χ3v) is 3.60. The van der Waals surface area contributed by atoms with Crippen molar-refractivity contribution in [2.45, 2.75) is 33.2 Å². The second-order valence-electron chi connectivity index (χ2n) is 5.56. The molecule has 23 heavy (non-hydrogen) atoms. The molecule has 0 aliphatic rings. The zero-order valence-electron chi connectivity index (χ0n) is 14.0. The molecule has 1 aromatic carbocycles. The topological polar surface area (TPSA) is 45.2 Å². The van der Waals surface area contributed by atoms with Gasteiger partial charge in [0.1, 0.15) is 5.82 Å². The van der Waals surface area contributed by atoms with Gasteiger partial charge in [-0.15, -0.1) is 0 Å². The van der Waals surface area contributed by atoms with Crippen LogP contribution in [-0.4, -0.2) is 28.9 Å². The molecule has 0 saturated carbocycles. The van der Waals surface area contributed by atoms with Gasteiger partial charge in [0.05, 0.1) is 0 Å². The molecular weight excluding hydrogens is 286 g/mol. The van der Waals surface area contributed by atoms with Gasteiger partial charge in [0, 0.05) is 31.4 Å². The highest BCUT2D eigenvalue weighted by Gasteiger charge is 2.14. The van der Waals surface area contributed by atoms with Crippen LogP contribution in [0.25, 0.3) is 0 Å². The number of benzene rings is 1. The number of amides is 1. The van der Waals surface area contributed by atoms with Crippen LogP contribution < -0.4 is 5.32 Å². The minimum absolute atomic E-state index is 0.0823. The van der Waals surface area contributed by atoms with Gasteiger partial charge in [0.15, 0.2) is 0 Å². The molecule has 1 amide bonds. The fraction of sp³-hybridized carbons (Fsp3) is 0.368. The summed E-state index contributed by atoms with van der Waals surface area (Å²) in [7, 11) is 0. The summed E-state index contributed by atoms with van der Waals surface area (Å²) in [5.41, 5.74) is 1.88. The number of carbonyl (C=O) groups excluding carboxylic acids is 1. The molecule has 1 aromatic heterocycles. The Hall–Kier alpha value is -2.36. The standard InChI is InChI=1S/C19H25N3O/c1-3-12-22(13-4-2)19(23)17-10-11-20-18(14-17)21-15-16-8-6-5-7-9-16/h5-11,14H,3-4,12-13,15H2,1-2H3,(H,20,21). The van der Waals surface area contributed by atoms with E-state index in [0.717, 1.165) is 31.7 Å². The molecule has 2 rings (SSSR count). The van der Waals surface area contributed by atoms with Crippen molar-refractivity contribution in [3.8, 4) is 0 Å². The number of rotatable bonds is 8. The Balaban J connectivity index is 2.04. The molecule has 0 atom stereocenters. The van der Waals surface area contributed by atoms with E-state index in [9.17, 15) is 4.79 Å². The Kier molecular flexibility index (Phi) is 6.60. The number of anilines is 1. The number of aromatic nitrogens is 1. The van der Waals surface area contributed by atoms with Crippen LogP contribution >= 0.6 is 0 Å². The highest BCUT2D eigenvalue weighted by atomic mass is 16.2. The van der Waals surface area contributed by atoms with Gasteiger partial charge in [-0.1, -0.05) is 44.2 Å². The quantitative estimate of drug-likeness (QED) is 0.802. The molecule has 4 heteroatoms. The normalized spacial score (nSPS) is 10.3. The van der Waals surface area contributed by atoms with E-state index in [0.29, 0.717) is 12.1 Å². The van der Waals surface area contributed by atoms with E-state index in [1.807, 2.05) is 29.2 Å². The molecule has 122 valence electrons. The summed E-state index contributed by atoms with van der Waals surface area (Å²) in [5.74, 6) is 0.812. The molecular formula is C19H25N3O. The van der Waals surface area contributed by atoms with Gasteiger partial charge in [-0.05, 0) is 30.5 Å². The van der Waals surface area contributed by atoms with Crippen LogP contribution in [-0.2, 0) is 6.54 Å². The van der Waals surface area contributed by atoms with Crippen LogP contribution in [0.5, 0.6) is 0 Å². The smallest absolute Gasteiger partial charge is 0.254 e. The van der Waals surface area contributed by atoms with Gasteiger partial charge in [-0.25, -0.2) is 4.98 Å². The second-order valence-corrected chi connectivity index (χ2v) is 5.56. The third kappa shape index (κ3) is 5.09. The number of hydrogen-bond donors (Lipinski definition) is 1. The number of pyridine rings is 1. The second kappa shape index (κ2) is 8.93. The molecule has 0 fully saturated rings. The lowest BCUT2D eigenvalue weighted by molar-refractivity contribution is 0.0755. The summed E-state index contributed by atoms with van der Waals surface area (Å²) in [6, 6.07) is 13.8. The van der Waals surface area contributed by atoms with E-state index < -0.39 is 0 Å². The summed E-state index contributed by atoms with van der Waals surface area (Å²) < 4.78 is 0. The fourth-order valence-electron chi connectivity index (χ4n) is 2.49. The van der Waals surface area contributed by atoms with Crippen LogP contribution in [0, 0.1) is 0 Å². The Morgan fingerprint density at radius 2 is 1.78 bits per heavy atom. The average molecular weight is 311 g/mol. The van der Waals surface area contributed by atoms with Gasteiger partial charge in [-0.3, -0.25) is 4.79 Å². The maximum absolute atomic E-state index is 12.6. The van der Waals surface area contributed by atoms with Crippen LogP contribution in [0.2, 0.25) is 0 Å². The molecule has 0 saturated heterocycles. The molecule has 1 heterocycles. The van der Waals surface area contributed by atoms with Crippen molar-refractivity contribution in [2.24, 2.45) is 0 Å². The first-order valence-electron chi connectivity index (χ1n) is 8.27. The van der Waals surface area contributed by atoms with Crippen LogP contribution in [0.4, 0.5) is 5.82 Å². The minimum Gasteiger partial charge on any atom is -0.366 e. The molecule has 0 spiro atoms. The van der Waals surface area contributed by atoms with E-state index in [2.05, 4.69) is 36.3 Å². The Bertz CT molecular complexity index is 607. The van der Waals surface area contributed by atoms with Gasteiger partial charge in [0.25, 0.3) is 5.91 Å². The zero-order chi connectivity index (χ0) is 16.5. The van der Waals surface area contributed by atoms with Gasteiger partial charge < -0.3 is 10.2 Å². The zero-order valence-corrected chi connectivity index (χ0v) is 14.0. The molecule has 0 aliphatic heterocycles.